The molecular weight excluding hydrogens is 288 g/mol. The van der Waals surface area contributed by atoms with E-state index in [-0.39, 0.29) is 6.04 Å². The molecule has 1 aliphatic heterocycles. The first kappa shape index (κ1) is 14.7. The molecule has 0 fully saturated rings. The van der Waals surface area contributed by atoms with Crippen LogP contribution in [-0.2, 0) is 0 Å². The average Bonchev–Trinajstić information content (AvgIpc) is 2.61. The Morgan fingerprint density at radius 1 is 1.05 bits per heavy atom. The topological polar surface area (TPSA) is 24.4 Å². The molecule has 2 aromatic carbocycles. The minimum atomic E-state index is 0.0463. The Labute approximate surface area is 135 Å². The molecule has 110 valence electrons. The zero-order chi connectivity index (χ0) is 15.2. The van der Waals surface area contributed by atoms with Gasteiger partial charge in [0.15, 0.2) is 5.17 Å². The Morgan fingerprint density at radius 3 is 2.41 bits per heavy atom. The fourth-order valence-corrected chi connectivity index (χ4v) is 2.97. The molecule has 1 unspecified atom stereocenters. The first-order chi connectivity index (χ1) is 10.9. The van der Waals surface area contributed by atoms with Crippen molar-refractivity contribution in [1.29, 1.82) is 0 Å². The molecule has 2 nitrogen and oxygen atoms in total. The van der Waals surface area contributed by atoms with Crippen LogP contribution in [0.15, 0.2) is 84.4 Å². The van der Waals surface area contributed by atoms with Crippen molar-refractivity contribution in [1.82, 2.24) is 5.32 Å². The summed E-state index contributed by atoms with van der Waals surface area (Å²) in [6.45, 7) is 3.78. The lowest BCUT2D eigenvalue weighted by atomic mass is 10.0. The number of benzene rings is 2. The fourth-order valence-electron chi connectivity index (χ4n) is 2.33. The van der Waals surface area contributed by atoms with Crippen LogP contribution in [0, 0.1) is 0 Å². The number of nitrogens with one attached hydrogen (secondary N) is 1. The standard InChI is InChI=1S/C19H18N2S/c1-2-13-22-19-20-17(15-9-5-3-6-10-15)14-18(21-19)16-11-7-4-8-12-16/h2-12,14,17H,1,13H2,(H,20,21). The quantitative estimate of drug-likeness (QED) is 0.832. The molecule has 1 atom stereocenters. The van der Waals surface area contributed by atoms with E-state index >= 15 is 0 Å². The molecule has 22 heavy (non-hydrogen) atoms. The van der Waals surface area contributed by atoms with E-state index < -0.39 is 0 Å². The van der Waals surface area contributed by atoms with Crippen molar-refractivity contribution < 1.29 is 0 Å². The fraction of sp³-hybridized carbons (Fsp3) is 0.105. The van der Waals surface area contributed by atoms with Gasteiger partial charge in [-0.05, 0) is 17.2 Å². The molecule has 2 aromatic rings. The first-order valence-corrected chi connectivity index (χ1v) is 8.26. The number of rotatable bonds is 4. The van der Waals surface area contributed by atoms with Gasteiger partial charge in [0.2, 0.25) is 0 Å². The highest BCUT2D eigenvalue weighted by Crippen LogP contribution is 2.28. The van der Waals surface area contributed by atoms with Gasteiger partial charge in [0, 0.05) is 11.4 Å². The lowest BCUT2D eigenvalue weighted by Crippen LogP contribution is -2.24. The molecule has 0 bridgehead atoms. The van der Waals surface area contributed by atoms with Crippen LogP contribution >= 0.6 is 11.8 Å². The third-order valence-electron chi connectivity index (χ3n) is 3.39. The summed E-state index contributed by atoms with van der Waals surface area (Å²) < 4.78 is 0. The molecule has 0 spiro atoms. The van der Waals surface area contributed by atoms with Crippen LogP contribution < -0.4 is 5.32 Å². The Kier molecular flexibility index (Phi) is 4.76. The van der Waals surface area contributed by atoms with Crippen LogP contribution in [0.1, 0.15) is 17.2 Å². The van der Waals surface area contributed by atoms with E-state index in [2.05, 4.69) is 66.5 Å². The predicted molar refractivity (Wildman–Crippen MR) is 96.8 cm³/mol. The summed E-state index contributed by atoms with van der Waals surface area (Å²) in [6.07, 6.45) is 4.08. The number of aliphatic imine (C=N–C) groups is 1. The van der Waals surface area contributed by atoms with Gasteiger partial charge in [-0.15, -0.1) is 6.58 Å². The predicted octanol–water partition coefficient (Wildman–Crippen LogP) is 4.65. The van der Waals surface area contributed by atoms with Crippen molar-refractivity contribution in [2.45, 2.75) is 6.04 Å². The third-order valence-corrected chi connectivity index (χ3v) is 4.27. The van der Waals surface area contributed by atoms with Gasteiger partial charge < -0.3 is 5.32 Å². The van der Waals surface area contributed by atoms with Gasteiger partial charge in [0.25, 0.3) is 0 Å². The Balaban J connectivity index is 1.94. The van der Waals surface area contributed by atoms with Crippen molar-refractivity contribution >= 4 is 22.6 Å². The maximum atomic E-state index is 4.81. The van der Waals surface area contributed by atoms with Gasteiger partial charge in [-0.25, -0.2) is 4.99 Å². The highest BCUT2D eigenvalue weighted by Gasteiger charge is 2.17. The summed E-state index contributed by atoms with van der Waals surface area (Å²) in [5, 5.41) is 4.37. The normalized spacial score (nSPS) is 17.2. The van der Waals surface area contributed by atoms with Crippen LogP contribution in [0.3, 0.4) is 0 Å². The molecule has 1 N–H and O–H groups in total. The van der Waals surface area contributed by atoms with Crippen LogP contribution in [-0.4, -0.2) is 10.9 Å². The molecular formula is C19H18N2S. The molecule has 3 heteroatoms. The number of hydrogen-bond donors (Lipinski definition) is 1. The van der Waals surface area contributed by atoms with Crippen molar-refractivity contribution in [2.24, 2.45) is 4.99 Å². The largest absolute Gasteiger partial charge is 0.335 e. The van der Waals surface area contributed by atoms with E-state index in [9.17, 15) is 0 Å². The van der Waals surface area contributed by atoms with Gasteiger partial charge >= 0.3 is 0 Å². The van der Waals surface area contributed by atoms with Crippen molar-refractivity contribution in [3.63, 3.8) is 0 Å². The van der Waals surface area contributed by atoms with Crippen molar-refractivity contribution in [3.05, 3.63) is 90.5 Å². The zero-order valence-electron chi connectivity index (χ0n) is 12.3. The van der Waals surface area contributed by atoms with Crippen molar-refractivity contribution in [2.75, 3.05) is 5.75 Å². The summed E-state index contributed by atoms with van der Waals surface area (Å²) in [4.78, 5) is 4.81. The van der Waals surface area contributed by atoms with E-state index in [1.165, 1.54) is 11.1 Å². The van der Waals surface area contributed by atoms with Gasteiger partial charge in [-0.2, -0.15) is 0 Å². The second kappa shape index (κ2) is 7.14. The second-order valence-electron chi connectivity index (χ2n) is 4.96. The molecule has 3 rings (SSSR count). The Morgan fingerprint density at radius 2 is 1.73 bits per heavy atom. The molecule has 0 saturated heterocycles. The highest BCUT2D eigenvalue weighted by atomic mass is 32.2. The first-order valence-electron chi connectivity index (χ1n) is 7.27. The van der Waals surface area contributed by atoms with Gasteiger partial charge in [0.1, 0.15) is 0 Å². The summed E-state index contributed by atoms with van der Waals surface area (Å²) >= 11 is 1.67. The average molecular weight is 306 g/mol. The SMILES string of the molecule is C=CCSC1=NC(c2ccccc2)C=C(c2ccccc2)N1. The van der Waals surface area contributed by atoms with E-state index in [1.807, 2.05) is 18.2 Å². The second-order valence-corrected chi connectivity index (χ2v) is 5.97. The number of amidine groups is 1. The van der Waals surface area contributed by atoms with Crippen molar-refractivity contribution in [3.8, 4) is 0 Å². The summed E-state index contributed by atoms with van der Waals surface area (Å²) in [6, 6.07) is 20.8. The van der Waals surface area contributed by atoms with Crippen LogP contribution in [0.4, 0.5) is 0 Å². The van der Waals surface area contributed by atoms with Crippen LogP contribution in [0.5, 0.6) is 0 Å². The summed E-state index contributed by atoms with van der Waals surface area (Å²) in [5.74, 6) is 0.843. The maximum absolute atomic E-state index is 4.81. The van der Waals surface area contributed by atoms with E-state index in [4.69, 9.17) is 4.99 Å². The zero-order valence-corrected chi connectivity index (χ0v) is 13.1. The summed E-state index contributed by atoms with van der Waals surface area (Å²) in [7, 11) is 0. The van der Waals surface area contributed by atoms with Gasteiger partial charge in [-0.1, -0.05) is 78.5 Å². The van der Waals surface area contributed by atoms with E-state index in [0.29, 0.717) is 0 Å². The molecule has 0 radical (unpaired) electrons. The Bertz CT molecular complexity index is 690. The van der Waals surface area contributed by atoms with E-state index in [0.717, 1.165) is 16.6 Å². The number of nitrogens with zero attached hydrogens (tertiary/aromatic N) is 1. The third kappa shape index (κ3) is 3.49. The Hall–Kier alpha value is -2.26. The molecule has 0 saturated carbocycles. The van der Waals surface area contributed by atoms with Crippen LogP contribution in [0.2, 0.25) is 0 Å². The maximum Gasteiger partial charge on any atom is 0.162 e. The highest BCUT2D eigenvalue weighted by molar-refractivity contribution is 8.14. The minimum Gasteiger partial charge on any atom is -0.335 e. The lowest BCUT2D eigenvalue weighted by Gasteiger charge is -2.22. The smallest absolute Gasteiger partial charge is 0.162 e. The molecule has 0 aliphatic carbocycles. The number of thioether (sulfide) groups is 1. The van der Waals surface area contributed by atoms with E-state index in [1.54, 1.807) is 11.8 Å². The molecule has 0 aromatic heterocycles. The molecule has 0 amide bonds. The van der Waals surface area contributed by atoms with Gasteiger partial charge in [-0.3, -0.25) is 0 Å². The number of hydrogen-bond acceptors (Lipinski definition) is 3. The minimum absolute atomic E-state index is 0.0463. The lowest BCUT2D eigenvalue weighted by molar-refractivity contribution is 0.888. The molecule has 1 heterocycles. The van der Waals surface area contributed by atoms with Crippen LogP contribution in [0.25, 0.3) is 5.70 Å². The van der Waals surface area contributed by atoms with Gasteiger partial charge in [0.05, 0.1) is 6.04 Å². The monoisotopic (exact) mass is 306 g/mol. The summed E-state index contributed by atoms with van der Waals surface area (Å²) in [5.41, 5.74) is 3.49. The molecule has 1 aliphatic rings.